The Bertz CT molecular complexity index is 113. The molecule has 0 bridgehead atoms. The first-order chi connectivity index (χ1) is 4.22. The Labute approximate surface area is 54.3 Å². The second-order valence-electron chi connectivity index (χ2n) is 1.90. The monoisotopic (exact) mass is 129 g/mol. The van der Waals surface area contributed by atoms with E-state index in [1.807, 2.05) is 0 Å². The van der Waals surface area contributed by atoms with Crippen molar-refractivity contribution in [3.05, 3.63) is 4.91 Å². The molecule has 0 amide bonds. The van der Waals surface area contributed by atoms with Gasteiger partial charge in [0.25, 0.3) is 0 Å². The summed E-state index contributed by atoms with van der Waals surface area (Å²) in [5.41, 5.74) is 0. The molecular weight excluding hydrogens is 118 g/mol. The maximum absolute atomic E-state index is 9.87. The predicted molar refractivity (Wildman–Crippen MR) is 35.5 cm³/mol. The van der Waals surface area contributed by atoms with Crippen LogP contribution in [0.4, 0.5) is 0 Å². The van der Waals surface area contributed by atoms with Gasteiger partial charge in [0.05, 0.1) is 6.04 Å². The van der Waals surface area contributed by atoms with E-state index < -0.39 is 0 Å². The average Bonchev–Trinajstić information content (AvgIpc) is 1.87. The van der Waals surface area contributed by atoms with Crippen LogP contribution in [0.3, 0.4) is 0 Å². The van der Waals surface area contributed by atoms with Crippen LogP contribution in [-0.2, 0) is 0 Å². The van der Waals surface area contributed by atoms with Crippen molar-refractivity contribution in [2.24, 2.45) is 15.4 Å². The Morgan fingerprint density at radius 3 is 2.11 bits per heavy atom. The van der Waals surface area contributed by atoms with Gasteiger partial charge in [0.1, 0.15) is 6.04 Å². The highest BCUT2D eigenvalue weighted by atomic mass is 16.3. The lowest BCUT2D eigenvalue weighted by molar-refractivity contribution is 0.578. The summed E-state index contributed by atoms with van der Waals surface area (Å²) in [6, 6.07) is -0.360. The SMILES string of the molecule is CN=NC(C)C(C)N=O. The van der Waals surface area contributed by atoms with Gasteiger partial charge in [-0.2, -0.15) is 15.1 Å². The molecule has 0 aliphatic heterocycles. The minimum absolute atomic E-state index is 0.0903. The van der Waals surface area contributed by atoms with Gasteiger partial charge in [-0.05, 0) is 13.8 Å². The molecule has 2 unspecified atom stereocenters. The molecule has 2 atom stereocenters. The Balaban J connectivity index is 3.71. The van der Waals surface area contributed by atoms with Crippen molar-refractivity contribution in [1.82, 2.24) is 0 Å². The van der Waals surface area contributed by atoms with E-state index in [2.05, 4.69) is 15.4 Å². The Hall–Kier alpha value is -0.800. The molecule has 4 nitrogen and oxygen atoms in total. The zero-order chi connectivity index (χ0) is 7.28. The molecule has 0 radical (unpaired) electrons. The predicted octanol–water partition coefficient (Wildman–Crippen LogP) is 1.61. The highest BCUT2D eigenvalue weighted by Gasteiger charge is 2.09. The van der Waals surface area contributed by atoms with E-state index in [1.165, 1.54) is 0 Å². The molecule has 4 heteroatoms. The second-order valence-corrected chi connectivity index (χ2v) is 1.90. The van der Waals surface area contributed by atoms with Crippen LogP contribution in [0, 0.1) is 4.91 Å². The number of nitrogens with zero attached hydrogens (tertiary/aromatic N) is 3. The van der Waals surface area contributed by atoms with Gasteiger partial charge in [0, 0.05) is 7.05 Å². The van der Waals surface area contributed by atoms with Crippen LogP contribution >= 0.6 is 0 Å². The van der Waals surface area contributed by atoms with E-state index in [-0.39, 0.29) is 12.1 Å². The first kappa shape index (κ1) is 8.20. The lowest BCUT2D eigenvalue weighted by atomic mass is 10.2. The van der Waals surface area contributed by atoms with Gasteiger partial charge in [0.15, 0.2) is 0 Å². The number of azo groups is 1. The Morgan fingerprint density at radius 2 is 1.78 bits per heavy atom. The molecule has 0 heterocycles. The molecule has 0 aromatic rings. The molecule has 0 fully saturated rings. The van der Waals surface area contributed by atoms with E-state index >= 15 is 0 Å². The summed E-state index contributed by atoms with van der Waals surface area (Å²) < 4.78 is 0. The first-order valence-electron chi connectivity index (χ1n) is 2.83. The van der Waals surface area contributed by atoms with Gasteiger partial charge in [-0.1, -0.05) is 5.18 Å². The van der Waals surface area contributed by atoms with Crippen molar-refractivity contribution in [1.29, 1.82) is 0 Å². The van der Waals surface area contributed by atoms with Crippen molar-refractivity contribution >= 4 is 0 Å². The van der Waals surface area contributed by atoms with E-state index in [1.54, 1.807) is 20.9 Å². The van der Waals surface area contributed by atoms with Crippen LogP contribution in [-0.4, -0.2) is 19.1 Å². The Kier molecular flexibility index (Phi) is 3.75. The topological polar surface area (TPSA) is 54.1 Å². The molecule has 9 heavy (non-hydrogen) atoms. The standard InChI is InChI=1S/C5H11N3O/c1-4(7-6-3)5(2)8-9/h4-5H,1-3H3. The molecule has 0 N–H and O–H groups in total. The largest absolute Gasteiger partial charge is 0.197 e. The lowest BCUT2D eigenvalue weighted by Crippen LogP contribution is -2.13. The summed E-state index contributed by atoms with van der Waals surface area (Å²) in [4.78, 5) is 9.87. The van der Waals surface area contributed by atoms with Crippen molar-refractivity contribution < 1.29 is 0 Å². The summed E-state index contributed by atoms with van der Waals surface area (Å²) in [5, 5.41) is 10.1. The maximum atomic E-state index is 9.87. The molecule has 52 valence electrons. The van der Waals surface area contributed by atoms with Gasteiger partial charge in [-0.25, -0.2) is 0 Å². The molecule has 0 saturated carbocycles. The highest BCUT2D eigenvalue weighted by molar-refractivity contribution is 4.70. The van der Waals surface area contributed by atoms with Crippen molar-refractivity contribution in [3.8, 4) is 0 Å². The van der Waals surface area contributed by atoms with Crippen molar-refractivity contribution in [3.63, 3.8) is 0 Å². The van der Waals surface area contributed by atoms with E-state index in [9.17, 15) is 4.91 Å². The fraction of sp³-hybridized carbons (Fsp3) is 1.00. The number of rotatable bonds is 3. The fourth-order valence-electron chi connectivity index (χ4n) is 0.367. The van der Waals surface area contributed by atoms with Gasteiger partial charge in [0.2, 0.25) is 0 Å². The third-order valence-electron chi connectivity index (χ3n) is 1.16. The zero-order valence-electron chi connectivity index (χ0n) is 5.90. The number of hydrogen-bond acceptors (Lipinski definition) is 4. The smallest absolute Gasteiger partial charge is 0.113 e. The number of hydrogen-bond donors (Lipinski definition) is 0. The molecule has 0 rings (SSSR count). The van der Waals surface area contributed by atoms with Crippen LogP contribution < -0.4 is 0 Å². The minimum Gasteiger partial charge on any atom is -0.197 e. The fourth-order valence-corrected chi connectivity index (χ4v) is 0.367. The van der Waals surface area contributed by atoms with Gasteiger partial charge >= 0.3 is 0 Å². The zero-order valence-corrected chi connectivity index (χ0v) is 5.90. The lowest BCUT2D eigenvalue weighted by Gasteiger charge is -2.03. The summed E-state index contributed by atoms with van der Waals surface area (Å²) in [5.74, 6) is 0. The first-order valence-corrected chi connectivity index (χ1v) is 2.83. The number of nitroso groups, excluding NO2 is 1. The quantitative estimate of drug-likeness (QED) is 0.422. The third kappa shape index (κ3) is 2.90. The molecule has 0 aliphatic carbocycles. The third-order valence-corrected chi connectivity index (χ3v) is 1.16. The summed E-state index contributed by atoms with van der Waals surface area (Å²) in [6.07, 6.45) is 0. The molecule has 0 saturated heterocycles. The minimum atomic E-state index is -0.270. The summed E-state index contributed by atoms with van der Waals surface area (Å²) >= 11 is 0. The second kappa shape index (κ2) is 4.12. The maximum Gasteiger partial charge on any atom is 0.113 e. The average molecular weight is 129 g/mol. The van der Waals surface area contributed by atoms with Crippen LogP contribution in [0.25, 0.3) is 0 Å². The van der Waals surface area contributed by atoms with E-state index in [4.69, 9.17) is 0 Å². The van der Waals surface area contributed by atoms with Gasteiger partial charge < -0.3 is 0 Å². The van der Waals surface area contributed by atoms with Gasteiger partial charge in [-0.15, -0.1) is 0 Å². The highest BCUT2D eigenvalue weighted by Crippen LogP contribution is 2.00. The van der Waals surface area contributed by atoms with E-state index in [0.29, 0.717) is 0 Å². The van der Waals surface area contributed by atoms with Crippen LogP contribution in [0.5, 0.6) is 0 Å². The van der Waals surface area contributed by atoms with Crippen LogP contribution in [0.2, 0.25) is 0 Å². The van der Waals surface area contributed by atoms with E-state index in [0.717, 1.165) is 0 Å². The Morgan fingerprint density at radius 1 is 1.22 bits per heavy atom. The molecule has 0 spiro atoms. The normalized spacial score (nSPS) is 17.7. The summed E-state index contributed by atoms with van der Waals surface area (Å²) in [7, 11) is 1.58. The molecule has 0 aliphatic rings. The van der Waals surface area contributed by atoms with Crippen LogP contribution in [0.1, 0.15) is 13.8 Å². The summed E-state index contributed by atoms with van der Waals surface area (Å²) in [6.45, 7) is 3.52. The molecule has 0 aromatic heterocycles. The van der Waals surface area contributed by atoms with Gasteiger partial charge in [-0.3, -0.25) is 0 Å². The van der Waals surface area contributed by atoms with Crippen LogP contribution in [0.15, 0.2) is 15.4 Å². The van der Waals surface area contributed by atoms with Crippen molar-refractivity contribution in [2.75, 3.05) is 7.05 Å². The molecular formula is C5H11N3O. The molecule has 0 aromatic carbocycles. The van der Waals surface area contributed by atoms with Crippen molar-refractivity contribution in [2.45, 2.75) is 25.9 Å².